The van der Waals surface area contributed by atoms with Crippen LogP contribution in [-0.4, -0.2) is 74.2 Å². The van der Waals surface area contributed by atoms with Gasteiger partial charge in [-0.15, -0.1) is 0 Å². The third-order valence-electron chi connectivity index (χ3n) is 4.64. The van der Waals surface area contributed by atoms with Gasteiger partial charge in [-0.2, -0.15) is 0 Å². The lowest BCUT2D eigenvalue weighted by Gasteiger charge is -2.25. The zero-order valence-corrected chi connectivity index (χ0v) is 17.3. The number of nitrogens with two attached hydrogens (primary N) is 1. The van der Waals surface area contributed by atoms with Crippen LogP contribution in [0.1, 0.15) is 33.2 Å². The minimum Gasteiger partial charge on any atom is -0.468 e. The summed E-state index contributed by atoms with van der Waals surface area (Å²) in [5, 5.41) is 2.66. The van der Waals surface area contributed by atoms with Gasteiger partial charge in [0, 0.05) is 6.54 Å². The number of alkyl carbamates (subject to hydrolysis) is 1. The third-order valence-corrected chi connectivity index (χ3v) is 4.64. The molecule has 12 heteroatoms. The van der Waals surface area contributed by atoms with Gasteiger partial charge in [0.05, 0.1) is 19.5 Å². The third kappa shape index (κ3) is 4.42. The predicted molar refractivity (Wildman–Crippen MR) is 105 cm³/mol. The molecule has 1 fully saturated rings. The number of carbonyl (C=O) groups is 3. The topological polar surface area (TPSA) is 155 Å². The van der Waals surface area contributed by atoms with E-state index in [1.165, 1.54) is 24.7 Å². The highest BCUT2D eigenvalue weighted by Crippen LogP contribution is 2.31. The maximum absolute atomic E-state index is 13.1. The van der Waals surface area contributed by atoms with E-state index in [0.717, 1.165) is 0 Å². The molecular weight excluding hydrogens is 394 g/mol. The second-order valence-corrected chi connectivity index (χ2v) is 7.91. The summed E-state index contributed by atoms with van der Waals surface area (Å²) in [6.45, 7) is 5.13. The quantitative estimate of drug-likeness (QED) is 0.649. The molecule has 1 aliphatic heterocycles. The number of hydrogen-bond donors (Lipinski definition) is 2. The van der Waals surface area contributed by atoms with Crippen LogP contribution in [0, 0.1) is 0 Å². The van der Waals surface area contributed by atoms with E-state index in [1.54, 1.807) is 25.3 Å². The smallest absolute Gasteiger partial charge is 0.407 e. The molecule has 30 heavy (non-hydrogen) atoms. The zero-order valence-electron chi connectivity index (χ0n) is 17.3. The summed E-state index contributed by atoms with van der Waals surface area (Å²) in [5.74, 6) is -0.667. The van der Waals surface area contributed by atoms with Crippen LogP contribution in [0.2, 0.25) is 0 Å². The molecular formula is C18H25N7O5. The van der Waals surface area contributed by atoms with Crippen molar-refractivity contribution in [3.05, 3.63) is 12.7 Å². The number of ether oxygens (including phenoxy) is 2. The summed E-state index contributed by atoms with van der Waals surface area (Å²) in [6.07, 6.45) is 2.48. The molecule has 0 spiro atoms. The first-order valence-electron chi connectivity index (χ1n) is 9.38. The maximum Gasteiger partial charge on any atom is 0.407 e. The summed E-state index contributed by atoms with van der Waals surface area (Å²) in [4.78, 5) is 50.7. The van der Waals surface area contributed by atoms with Gasteiger partial charge in [0.25, 0.3) is 0 Å². The first kappa shape index (κ1) is 21.3. The Balaban J connectivity index is 1.82. The van der Waals surface area contributed by atoms with E-state index in [0.29, 0.717) is 17.6 Å². The first-order valence-corrected chi connectivity index (χ1v) is 9.38. The van der Waals surface area contributed by atoms with E-state index in [9.17, 15) is 14.4 Å². The number of likely N-dealkylation sites (tertiary alicyclic amines) is 1. The molecule has 1 saturated heterocycles. The summed E-state index contributed by atoms with van der Waals surface area (Å²) in [7, 11) is 1.25. The van der Waals surface area contributed by atoms with Gasteiger partial charge in [-0.05, 0) is 27.2 Å². The normalized spacial score (nSPS) is 19.2. The van der Waals surface area contributed by atoms with E-state index < -0.39 is 29.7 Å². The molecule has 2 amide bonds. The summed E-state index contributed by atoms with van der Waals surface area (Å²) >= 11 is 0. The standard InChI is InChI=1S/C18H25N7O5/c1-18(2,3)30-17(28)20-6-10-5-11(16(27)24(10)7-12(26)29-4)25-9-23-13-14(19)21-8-22-15(13)25/h8-11H,5-7H2,1-4H3,(H,20,28)(H2,19,21,22)/t10-,11-/m1/s1. The second kappa shape index (κ2) is 8.13. The van der Waals surface area contributed by atoms with Gasteiger partial charge in [-0.25, -0.2) is 19.7 Å². The summed E-state index contributed by atoms with van der Waals surface area (Å²) in [6, 6.07) is -1.12. The van der Waals surface area contributed by atoms with E-state index in [2.05, 4.69) is 20.3 Å². The van der Waals surface area contributed by atoms with E-state index in [-0.39, 0.29) is 24.8 Å². The SMILES string of the molecule is COC(=O)CN1C(=O)[C@H](n2cnc3c(N)ncnc32)C[C@@H]1CNC(=O)OC(C)(C)C. The first-order chi connectivity index (χ1) is 14.1. The average Bonchev–Trinajstić information content (AvgIpc) is 3.21. The Morgan fingerprint density at radius 1 is 1.30 bits per heavy atom. The van der Waals surface area contributed by atoms with Crippen molar-refractivity contribution in [2.45, 2.75) is 44.9 Å². The maximum atomic E-state index is 13.1. The molecule has 0 aliphatic carbocycles. The number of hydrogen-bond acceptors (Lipinski definition) is 9. The summed E-state index contributed by atoms with van der Waals surface area (Å²) in [5.41, 5.74) is 5.98. The predicted octanol–water partition coefficient (Wildman–Crippen LogP) is 0.248. The number of imidazole rings is 1. The molecule has 3 rings (SSSR count). The Morgan fingerprint density at radius 2 is 2.03 bits per heavy atom. The minimum absolute atomic E-state index is 0.109. The molecule has 0 saturated carbocycles. The fourth-order valence-corrected chi connectivity index (χ4v) is 3.31. The van der Waals surface area contributed by atoms with Gasteiger partial charge in [0.15, 0.2) is 11.5 Å². The van der Waals surface area contributed by atoms with Gasteiger partial charge >= 0.3 is 12.1 Å². The van der Waals surface area contributed by atoms with Gasteiger partial charge in [0.2, 0.25) is 5.91 Å². The number of anilines is 1. The van der Waals surface area contributed by atoms with Crippen LogP contribution in [0.15, 0.2) is 12.7 Å². The second-order valence-electron chi connectivity index (χ2n) is 7.91. The minimum atomic E-state index is -0.667. The van der Waals surface area contributed by atoms with Crippen LogP contribution in [0.3, 0.4) is 0 Å². The number of nitrogens with one attached hydrogen (secondary N) is 1. The molecule has 0 unspecified atom stereocenters. The fraction of sp³-hybridized carbons (Fsp3) is 0.556. The monoisotopic (exact) mass is 419 g/mol. The zero-order chi connectivity index (χ0) is 22.1. The number of rotatable bonds is 5. The van der Waals surface area contributed by atoms with Gasteiger partial charge in [-0.1, -0.05) is 0 Å². The molecule has 162 valence electrons. The van der Waals surface area contributed by atoms with Crippen LogP contribution in [0.4, 0.5) is 10.6 Å². The largest absolute Gasteiger partial charge is 0.468 e. The molecule has 0 aromatic carbocycles. The van der Waals surface area contributed by atoms with Crippen molar-refractivity contribution in [2.75, 3.05) is 25.9 Å². The molecule has 2 aromatic heterocycles. The molecule has 1 aliphatic rings. The van der Waals surface area contributed by atoms with Crippen molar-refractivity contribution < 1.29 is 23.9 Å². The van der Waals surface area contributed by atoms with Gasteiger partial charge in [-0.3, -0.25) is 9.59 Å². The fourth-order valence-electron chi connectivity index (χ4n) is 3.31. The lowest BCUT2D eigenvalue weighted by atomic mass is 10.1. The number of aromatic nitrogens is 4. The van der Waals surface area contributed by atoms with Crippen LogP contribution in [0.5, 0.6) is 0 Å². The van der Waals surface area contributed by atoms with Crippen molar-refractivity contribution in [1.82, 2.24) is 29.7 Å². The van der Waals surface area contributed by atoms with Crippen molar-refractivity contribution in [2.24, 2.45) is 0 Å². The number of fused-ring (bicyclic) bond motifs is 1. The number of esters is 1. The van der Waals surface area contributed by atoms with Crippen molar-refractivity contribution in [3.63, 3.8) is 0 Å². The van der Waals surface area contributed by atoms with Crippen molar-refractivity contribution >= 4 is 35.0 Å². The molecule has 0 radical (unpaired) electrons. The van der Waals surface area contributed by atoms with E-state index in [4.69, 9.17) is 15.2 Å². The Kier molecular flexibility index (Phi) is 5.76. The van der Waals surface area contributed by atoms with Crippen molar-refractivity contribution in [3.8, 4) is 0 Å². The Hall–Kier alpha value is -3.44. The number of amides is 2. The van der Waals surface area contributed by atoms with Crippen LogP contribution < -0.4 is 11.1 Å². The molecule has 3 heterocycles. The number of methoxy groups -OCH3 is 1. The van der Waals surface area contributed by atoms with E-state index in [1.807, 2.05) is 0 Å². The van der Waals surface area contributed by atoms with Gasteiger partial charge in [0.1, 0.15) is 30.0 Å². The molecule has 12 nitrogen and oxygen atoms in total. The highest BCUT2D eigenvalue weighted by molar-refractivity contribution is 5.89. The number of nitrogen functional groups attached to an aromatic ring is 1. The highest BCUT2D eigenvalue weighted by atomic mass is 16.6. The summed E-state index contributed by atoms with van der Waals surface area (Å²) < 4.78 is 11.6. The molecule has 2 atom stereocenters. The van der Waals surface area contributed by atoms with Gasteiger partial charge < -0.3 is 30.0 Å². The molecule has 2 aromatic rings. The lowest BCUT2D eigenvalue weighted by Crippen LogP contribution is -2.45. The van der Waals surface area contributed by atoms with E-state index >= 15 is 0 Å². The van der Waals surface area contributed by atoms with Crippen LogP contribution >= 0.6 is 0 Å². The highest BCUT2D eigenvalue weighted by Gasteiger charge is 2.42. The Labute approximate surface area is 172 Å². The molecule has 0 bridgehead atoms. The number of nitrogens with zero attached hydrogens (tertiary/aromatic N) is 5. The Morgan fingerprint density at radius 3 is 2.70 bits per heavy atom. The average molecular weight is 419 g/mol. The Bertz CT molecular complexity index is 967. The lowest BCUT2D eigenvalue weighted by molar-refractivity contribution is -0.147. The van der Waals surface area contributed by atoms with Crippen molar-refractivity contribution in [1.29, 1.82) is 0 Å². The number of carbonyl (C=O) groups excluding carboxylic acids is 3. The van der Waals surface area contributed by atoms with Crippen LogP contribution in [0.25, 0.3) is 11.2 Å². The molecule has 3 N–H and O–H groups in total. The van der Waals surface area contributed by atoms with Crippen LogP contribution in [-0.2, 0) is 19.1 Å².